The zero-order valence-corrected chi connectivity index (χ0v) is 13.6. The van der Waals surface area contributed by atoms with Gasteiger partial charge in [0.1, 0.15) is 0 Å². The minimum atomic E-state index is -0.0136. The number of nitrogens with one attached hydrogen (secondary N) is 1. The molecule has 0 unspecified atom stereocenters. The standard InChI is InChI=1S/C19H25N3O/c1-2-16-7-6-8-18(13-16)20-19(23)22-12-9-17(15-22)14-21-10-4-3-5-11-21/h1,6-8,13,17H,3-5,9-12,14-15H2,(H,20,23)/t17-/m0/s1. The molecule has 2 saturated heterocycles. The van der Waals surface area contributed by atoms with Crippen LogP contribution in [0.3, 0.4) is 0 Å². The third kappa shape index (κ3) is 4.27. The highest BCUT2D eigenvalue weighted by Crippen LogP contribution is 2.21. The second-order valence-corrected chi connectivity index (χ2v) is 6.62. The van der Waals surface area contributed by atoms with Gasteiger partial charge in [0.2, 0.25) is 0 Å². The largest absolute Gasteiger partial charge is 0.324 e. The van der Waals surface area contributed by atoms with Gasteiger partial charge < -0.3 is 15.1 Å². The average Bonchev–Trinajstić information content (AvgIpc) is 3.04. The fraction of sp³-hybridized carbons (Fsp3) is 0.526. The third-order valence-electron chi connectivity index (χ3n) is 4.82. The second kappa shape index (κ2) is 7.52. The molecular weight excluding hydrogens is 286 g/mol. The molecule has 0 aliphatic carbocycles. The Hall–Kier alpha value is -1.99. The number of benzene rings is 1. The predicted octanol–water partition coefficient (Wildman–Crippen LogP) is 3.01. The van der Waals surface area contributed by atoms with Crippen molar-refractivity contribution in [1.82, 2.24) is 9.80 Å². The molecule has 2 aliphatic rings. The topological polar surface area (TPSA) is 35.6 Å². The fourth-order valence-corrected chi connectivity index (χ4v) is 3.56. The number of amides is 2. The van der Waals surface area contributed by atoms with Crippen molar-refractivity contribution in [2.75, 3.05) is 38.0 Å². The van der Waals surface area contributed by atoms with Gasteiger partial charge in [-0.2, -0.15) is 0 Å². The zero-order chi connectivity index (χ0) is 16.1. The fourth-order valence-electron chi connectivity index (χ4n) is 3.56. The Labute approximate surface area is 138 Å². The van der Waals surface area contributed by atoms with E-state index in [-0.39, 0.29) is 6.03 Å². The number of rotatable bonds is 3. The summed E-state index contributed by atoms with van der Waals surface area (Å²) in [5.74, 6) is 3.20. The van der Waals surface area contributed by atoms with Gasteiger partial charge in [0.25, 0.3) is 0 Å². The lowest BCUT2D eigenvalue weighted by atomic mass is 10.1. The van der Waals surface area contributed by atoms with Gasteiger partial charge in [-0.15, -0.1) is 6.42 Å². The summed E-state index contributed by atoms with van der Waals surface area (Å²) < 4.78 is 0. The summed E-state index contributed by atoms with van der Waals surface area (Å²) in [6, 6.07) is 7.42. The Bertz CT molecular complexity index is 587. The van der Waals surface area contributed by atoms with Gasteiger partial charge in [-0.3, -0.25) is 0 Å². The molecule has 1 aromatic rings. The number of hydrogen-bond acceptors (Lipinski definition) is 2. The highest BCUT2D eigenvalue weighted by atomic mass is 16.2. The first kappa shape index (κ1) is 15.9. The van der Waals surface area contributed by atoms with Crippen LogP contribution in [-0.4, -0.2) is 48.6 Å². The molecule has 2 aliphatic heterocycles. The van der Waals surface area contributed by atoms with E-state index in [1.165, 1.54) is 32.4 Å². The van der Waals surface area contributed by atoms with Crippen molar-refractivity contribution in [3.05, 3.63) is 29.8 Å². The summed E-state index contributed by atoms with van der Waals surface area (Å²) in [4.78, 5) is 16.9. The lowest BCUT2D eigenvalue weighted by Crippen LogP contribution is -2.37. The molecule has 1 aromatic carbocycles. The van der Waals surface area contributed by atoms with Crippen LogP contribution in [0.1, 0.15) is 31.2 Å². The van der Waals surface area contributed by atoms with Crippen molar-refractivity contribution >= 4 is 11.7 Å². The van der Waals surface area contributed by atoms with Crippen LogP contribution in [0.15, 0.2) is 24.3 Å². The Morgan fingerprint density at radius 3 is 2.87 bits per heavy atom. The third-order valence-corrected chi connectivity index (χ3v) is 4.82. The van der Waals surface area contributed by atoms with Crippen LogP contribution in [-0.2, 0) is 0 Å². The van der Waals surface area contributed by atoms with E-state index in [4.69, 9.17) is 6.42 Å². The maximum atomic E-state index is 12.4. The first-order valence-electron chi connectivity index (χ1n) is 8.59. The molecule has 4 heteroatoms. The van der Waals surface area contributed by atoms with Gasteiger partial charge in [-0.25, -0.2) is 4.79 Å². The lowest BCUT2D eigenvalue weighted by Gasteiger charge is -2.29. The summed E-state index contributed by atoms with van der Waals surface area (Å²) >= 11 is 0. The average molecular weight is 311 g/mol. The molecule has 2 heterocycles. The van der Waals surface area contributed by atoms with E-state index in [0.717, 1.165) is 37.3 Å². The van der Waals surface area contributed by atoms with E-state index < -0.39 is 0 Å². The van der Waals surface area contributed by atoms with Gasteiger partial charge in [0.15, 0.2) is 0 Å². The van der Waals surface area contributed by atoms with Crippen LogP contribution >= 0.6 is 0 Å². The second-order valence-electron chi connectivity index (χ2n) is 6.62. The van der Waals surface area contributed by atoms with Crippen molar-refractivity contribution in [3.8, 4) is 12.3 Å². The number of likely N-dealkylation sites (tertiary alicyclic amines) is 2. The molecular formula is C19H25N3O. The zero-order valence-electron chi connectivity index (χ0n) is 13.6. The number of anilines is 1. The molecule has 2 fully saturated rings. The SMILES string of the molecule is C#Cc1cccc(NC(=O)N2CC[C@@H](CN3CCCCC3)C2)c1. The minimum absolute atomic E-state index is 0.0136. The van der Waals surface area contributed by atoms with Crippen molar-refractivity contribution in [2.24, 2.45) is 5.92 Å². The van der Waals surface area contributed by atoms with E-state index >= 15 is 0 Å². The predicted molar refractivity (Wildman–Crippen MR) is 93.4 cm³/mol. The van der Waals surface area contributed by atoms with Gasteiger partial charge >= 0.3 is 6.03 Å². The molecule has 4 nitrogen and oxygen atoms in total. The smallest absolute Gasteiger partial charge is 0.321 e. The van der Waals surface area contributed by atoms with Crippen molar-refractivity contribution < 1.29 is 4.79 Å². The Morgan fingerprint density at radius 2 is 2.09 bits per heavy atom. The van der Waals surface area contributed by atoms with Crippen LogP contribution < -0.4 is 5.32 Å². The number of carbonyl (C=O) groups is 1. The van der Waals surface area contributed by atoms with E-state index in [1.807, 2.05) is 29.2 Å². The number of hydrogen-bond donors (Lipinski definition) is 1. The number of nitrogens with zero attached hydrogens (tertiary/aromatic N) is 2. The number of carbonyl (C=O) groups excluding carboxylic acids is 1. The van der Waals surface area contributed by atoms with Crippen LogP contribution in [0.4, 0.5) is 10.5 Å². The van der Waals surface area contributed by atoms with Gasteiger partial charge in [0, 0.05) is 30.9 Å². The lowest BCUT2D eigenvalue weighted by molar-refractivity contribution is 0.192. The van der Waals surface area contributed by atoms with E-state index in [0.29, 0.717) is 5.92 Å². The summed E-state index contributed by atoms with van der Waals surface area (Å²) in [7, 11) is 0. The molecule has 0 spiro atoms. The number of piperidine rings is 1. The Kier molecular flexibility index (Phi) is 5.19. The van der Waals surface area contributed by atoms with Crippen molar-refractivity contribution in [3.63, 3.8) is 0 Å². The first-order chi connectivity index (χ1) is 11.2. The van der Waals surface area contributed by atoms with E-state index in [9.17, 15) is 4.79 Å². The number of terminal acetylenes is 1. The van der Waals surface area contributed by atoms with Gasteiger partial charge in [-0.1, -0.05) is 18.4 Å². The summed E-state index contributed by atoms with van der Waals surface area (Å²) in [5.41, 5.74) is 1.55. The van der Waals surface area contributed by atoms with Gasteiger partial charge in [-0.05, 0) is 56.5 Å². The normalized spacial score (nSPS) is 21.9. The maximum Gasteiger partial charge on any atom is 0.321 e. The minimum Gasteiger partial charge on any atom is -0.324 e. The monoisotopic (exact) mass is 311 g/mol. The van der Waals surface area contributed by atoms with E-state index in [2.05, 4.69) is 16.1 Å². The molecule has 2 amide bonds. The summed E-state index contributed by atoms with van der Waals surface area (Å²) in [5, 5.41) is 2.96. The summed E-state index contributed by atoms with van der Waals surface area (Å²) in [6.07, 6.45) is 10.5. The van der Waals surface area contributed by atoms with Gasteiger partial charge in [0.05, 0.1) is 0 Å². The Morgan fingerprint density at radius 1 is 1.26 bits per heavy atom. The molecule has 0 radical (unpaired) electrons. The van der Waals surface area contributed by atoms with Crippen molar-refractivity contribution in [2.45, 2.75) is 25.7 Å². The molecule has 0 bridgehead atoms. The molecule has 1 N–H and O–H groups in total. The molecule has 0 saturated carbocycles. The highest BCUT2D eigenvalue weighted by molar-refractivity contribution is 5.89. The van der Waals surface area contributed by atoms with Crippen molar-refractivity contribution in [1.29, 1.82) is 0 Å². The van der Waals surface area contributed by atoms with Crippen LogP contribution in [0.5, 0.6) is 0 Å². The molecule has 3 rings (SSSR count). The quantitative estimate of drug-likeness (QED) is 0.871. The van der Waals surface area contributed by atoms with Crippen LogP contribution in [0.2, 0.25) is 0 Å². The molecule has 122 valence electrons. The van der Waals surface area contributed by atoms with E-state index in [1.54, 1.807) is 0 Å². The molecule has 1 atom stereocenters. The molecule has 23 heavy (non-hydrogen) atoms. The highest BCUT2D eigenvalue weighted by Gasteiger charge is 2.28. The first-order valence-corrected chi connectivity index (χ1v) is 8.59. The Balaban J connectivity index is 1.49. The molecule has 0 aromatic heterocycles. The maximum absolute atomic E-state index is 12.4. The summed E-state index contributed by atoms with van der Waals surface area (Å²) in [6.45, 7) is 5.29. The van der Waals surface area contributed by atoms with Crippen LogP contribution in [0, 0.1) is 18.3 Å². The number of urea groups is 1. The van der Waals surface area contributed by atoms with Crippen LogP contribution in [0.25, 0.3) is 0 Å².